The fourth-order valence-corrected chi connectivity index (χ4v) is 2.85. The molecule has 1 rings (SSSR count). The van der Waals surface area contributed by atoms with Crippen molar-refractivity contribution in [1.82, 2.24) is 4.90 Å². The molecule has 1 heterocycles. The molecule has 92 valence electrons. The van der Waals surface area contributed by atoms with Crippen molar-refractivity contribution < 1.29 is 4.74 Å². The molecule has 1 unspecified atom stereocenters. The molecule has 0 radical (unpaired) electrons. The van der Waals surface area contributed by atoms with E-state index in [4.69, 9.17) is 10.5 Å². The monoisotopic (exact) mass is 242 g/mol. The summed E-state index contributed by atoms with van der Waals surface area (Å²) in [6.07, 6.45) is 0. The van der Waals surface area contributed by atoms with E-state index < -0.39 is 0 Å². The molecule has 0 aromatic carbocycles. The lowest BCUT2D eigenvalue weighted by atomic mass is 10.2. The Balaban J connectivity index is 2.70. The van der Waals surface area contributed by atoms with Gasteiger partial charge in [0, 0.05) is 30.0 Å². The molecule has 0 saturated heterocycles. The highest BCUT2D eigenvalue weighted by molar-refractivity contribution is 7.12. The lowest BCUT2D eigenvalue weighted by molar-refractivity contribution is 0.127. The van der Waals surface area contributed by atoms with Gasteiger partial charge in [0.25, 0.3) is 0 Å². The first kappa shape index (κ1) is 13.6. The van der Waals surface area contributed by atoms with Crippen molar-refractivity contribution in [3.8, 4) is 0 Å². The van der Waals surface area contributed by atoms with E-state index in [0.717, 1.165) is 19.7 Å². The van der Waals surface area contributed by atoms with Gasteiger partial charge >= 0.3 is 0 Å². The number of rotatable bonds is 7. The number of aryl methyl sites for hydroxylation is 1. The van der Waals surface area contributed by atoms with Crippen molar-refractivity contribution in [1.29, 1.82) is 0 Å². The molecule has 1 aromatic heterocycles. The maximum atomic E-state index is 5.89. The van der Waals surface area contributed by atoms with Crippen LogP contribution in [-0.4, -0.2) is 38.3 Å². The maximum absolute atomic E-state index is 5.89. The van der Waals surface area contributed by atoms with Crippen LogP contribution in [0, 0.1) is 6.92 Å². The molecule has 0 aliphatic rings. The SMILES string of the molecule is CCN(CCOC)C(CN)c1ccc(C)s1. The first-order valence-corrected chi connectivity index (χ1v) is 6.54. The van der Waals surface area contributed by atoms with Crippen LogP contribution in [0.25, 0.3) is 0 Å². The zero-order valence-electron chi connectivity index (χ0n) is 10.4. The van der Waals surface area contributed by atoms with Crippen LogP contribution in [0.4, 0.5) is 0 Å². The van der Waals surface area contributed by atoms with Crippen molar-refractivity contribution in [2.45, 2.75) is 19.9 Å². The van der Waals surface area contributed by atoms with E-state index >= 15 is 0 Å². The molecule has 0 bridgehead atoms. The Bertz CT molecular complexity index is 301. The topological polar surface area (TPSA) is 38.5 Å². The predicted octanol–water partition coefficient (Wildman–Crippen LogP) is 2.02. The van der Waals surface area contributed by atoms with E-state index in [9.17, 15) is 0 Å². The van der Waals surface area contributed by atoms with Gasteiger partial charge in [-0.3, -0.25) is 4.90 Å². The Labute approximate surface area is 102 Å². The molecule has 2 N–H and O–H groups in total. The van der Waals surface area contributed by atoms with Crippen molar-refractivity contribution in [3.63, 3.8) is 0 Å². The van der Waals surface area contributed by atoms with Gasteiger partial charge in [0.15, 0.2) is 0 Å². The minimum Gasteiger partial charge on any atom is -0.383 e. The summed E-state index contributed by atoms with van der Waals surface area (Å²) in [4.78, 5) is 5.07. The molecule has 1 atom stereocenters. The molecule has 0 amide bonds. The predicted molar refractivity (Wildman–Crippen MR) is 70.0 cm³/mol. The normalized spacial score (nSPS) is 13.3. The van der Waals surface area contributed by atoms with Gasteiger partial charge in [-0.2, -0.15) is 0 Å². The molecular formula is C12H22N2OS. The second-order valence-electron chi connectivity index (χ2n) is 3.82. The number of thiophene rings is 1. The minimum absolute atomic E-state index is 0.332. The van der Waals surface area contributed by atoms with Gasteiger partial charge in [-0.25, -0.2) is 0 Å². The van der Waals surface area contributed by atoms with Crippen LogP contribution in [0.3, 0.4) is 0 Å². The molecule has 0 aliphatic heterocycles. The average molecular weight is 242 g/mol. The van der Waals surface area contributed by atoms with Crippen molar-refractivity contribution in [2.24, 2.45) is 5.73 Å². The van der Waals surface area contributed by atoms with Crippen LogP contribution in [0.2, 0.25) is 0 Å². The van der Waals surface area contributed by atoms with E-state index in [1.165, 1.54) is 9.75 Å². The molecule has 16 heavy (non-hydrogen) atoms. The van der Waals surface area contributed by atoms with Crippen LogP contribution in [0.5, 0.6) is 0 Å². The first-order chi connectivity index (χ1) is 7.72. The van der Waals surface area contributed by atoms with Gasteiger partial charge < -0.3 is 10.5 Å². The molecule has 3 nitrogen and oxygen atoms in total. The third-order valence-electron chi connectivity index (χ3n) is 2.74. The Morgan fingerprint density at radius 3 is 2.69 bits per heavy atom. The second kappa shape index (κ2) is 7.01. The highest BCUT2D eigenvalue weighted by Crippen LogP contribution is 2.26. The minimum atomic E-state index is 0.332. The Hall–Kier alpha value is -0.420. The van der Waals surface area contributed by atoms with Gasteiger partial charge in [-0.15, -0.1) is 11.3 Å². The summed E-state index contributed by atoms with van der Waals surface area (Å²) in [6, 6.07) is 4.68. The van der Waals surface area contributed by atoms with E-state index in [1.807, 2.05) is 11.3 Å². The highest BCUT2D eigenvalue weighted by atomic mass is 32.1. The van der Waals surface area contributed by atoms with E-state index in [-0.39, 0.29) is 0 Å². The fourth-order valence-electron chi connectivity index (χ4n) is 1.82. The summed E-state index contributed by atoms with van der Waals surface area (Å²) >= 11 is 1.84. The summed E-state index contributed by atoms with van der Waals surface area (Å²) in [6.45, 7) is 7.66. The average Bonchev–Trinajstić information content (AvgIpc) is 2.70. The van der Waals surface area contributed by atoms with Crippen LogP contribution >= 0.6 is 11.3 Å². The zero-order valence-corrected chi connectivity index (χ0v) is 11.2. The van der Waals surface area contributed by atoms with E-state index in [1.54, 1.807) is 7.11 Å². The van der Waals surface area contributed by atoms with Gasteiger partial charge in [-0.05, 0) is 25.6 Å². The Kier molecular flexibility index (Phi) is 5.98. The number of ether oxygens (including phenoxy) is 1. The molecule has 0 spiro atoms. The van der Waals surface area contributed by atoms with Crippen LogP contribution in [0.15, 0.2) is 12.1 Å². The number of likely N-dealkylation sites (N-methyl/N-ethyl adjacent to an activating group) is 1. The largest absolute Gasteiger partial charge is 0.383 e. The van der Waals surface area contributed by atoms with Gasteiger partial charge in [0.2, 0.25) is 0 Å². The number of nitrogens with zero attached hydrogens (tertiary/aromatic N) is 1. The summed E-state index contributed by atoms with van der Waals surface area (Å²) in [5.41, 5.74) is 5.89. The number of nitrogens with two attached hydrogens (primary N) is 1. The van der Waals surface area contributed by atoms with Crippen LogP contribution < -0.4 is 5.73 Å². The maximum Gasteiger partial charge on any atom is 0.0589 e. The van der Waals surface area contributed by atoms with Gasteiger partial charge in [0.1, 0.15) is 0 Å². The summed E-state index contributed by atoms with van der Waals surface area (Å²) in [5.74, 6) is 0. The van der Waals surface area contributed by atoms with Crippen molar-refractivity contribution in [3.05, 3.63) is 21.9 Å². The molecule has 4 heteroatoms. The smallest absolute Gasteiger partial charge is 0.0589 e. The number of hydrogen-bond acceptors (Lipinski definition) is 4. The summed E-state index contributed by atoms with van der Waals surface area (Å²) < 4.78 is 5.13. The molecule has 1 aromatic rings. The van der Waals surface area contributed by atoms with E-state index in [0.29, 0.717) is 12.6 Å². The Morgan fingerprint density at radius 1 is 1.50 bits per heavy atom. The second-order valence-corrected chi connectivity index (χ2v) is 5.14. The summed E-state index contributed by atoms with van der Waals surface area (Å²) in [7, 11) is 1.74. The number of methoxy groups -OCH3 is 1. The molecular weight excluding hydrogens is 220 g/mol. The van der Waals surface area contributed by atoms with Crippen LogP contribution in [-0.2, 0) is 4.74 Å². The summed E-state index contributed by atoms with van der Waals surface area (Å²) in [5, 5.41) is 0. The fraction of sp³-hybridized carbons (Fsp3) is 0.667. The first-order valence-electron chi connectivity index (χ1n) is 5.72. The van der Waals surface area contributed by atoms with E-state index in [2.05, 4.69) is 30.9 Å². The van der Waals surface area contributed by atoms with Crippen molar-refractivity contribution in [2.75, 3.05) is 33.4 Å². The lowest BCUT2D eigenvalue weighted by Crippen LogP contribution is -2.35. The third-order valence-corrected chi connectivity index (χ3v) is 3.84. The number of hydrogen-bond donors (Lipinski definition) is 1. The van der Waals surface area contributed by atoms with Crippen LogP contribution in [0.1, 0.15) is 22.7 Å². The Morgan fingerprint density at radius 2 is 2.25 bits per heavy atom. The molecule has 0 aliphatic carbocycles. The zero-order chi connectivity index (χ0) is 12.0. The molecule has 0 fully saturated rings. The van der Waals surface area contributed by atoms with Gasteiger partial charge in [-0.1, -0.05) is 6.92 Å². The molecule has 0 saturated carbocycles. The lowest BCUT2D eigenvalue weighted by Gasteiger charge is -2.28. The van der Waals surface area contributed by atoms with Gasteiger partial charge in [0.05, 0.1) is 12.6 Å². The quantitative estimate of drug-likeness (QED) is 0.795. The standard InChI is InChI=1S/C12H22N2OS/c1-4-14(7-8-15-3)11(9-13)12-6-5-10(2)16-12/h5-6,11H,4,7-9,13H2,1-3H3. The third kappa shape index (κ3) is 3.56. The van der Waals surface area contributed by atoms with Crippen molar-refractivity contribution >= 4 is 11.3 Å². The highest BCUT2D eigenvalue weighted by Gasteiger charge is 2.18.